The Morgan fingerprint density at radius 3 is 2.74 bits per heavy atom. The molecule has 0 aromatic heterocycles. The number of carbonyl (C=O) groups is 1. The molecule has 19 heavy (non-hydrogen) atoms. The second kappa shape index (κ2) is 6.17. The Balaban J connectivity index is 2.05. The van der Waals surface area contributed by atoms with Crippen LogP contribution in [0.4, 0.5) is 0 Å². The Hall–Kier alpha value is -1.39. The minimum atomic E-state index is 0.102. The van der Waals surface area contributed by atoms with Gasteiger partial charge in [-0.1, -0.05) is 12.1 Å². The van der Waals surface area contributed by atoms with Crippen LogP contribution in [-0.4, -0.2) is 48.9 Å². The van der Waals surface area contributed by atoms with E-state index in [0.717, 1.165) is 37.1 Å². The number of nitrogens with zero attached hydrogens (tertiary/aromatic N) is 2. The van der Waals surface area contributed by atoms with E-state index < -0.39 is 0 Å². The highest BCUT2D eigenvalue weighted by Gasteiger charge is 2.24. The third kappa shape index (κ3) is 3.33. The van der Waals surface area contributed by atoms with Crippen molar-refractivity contribution in [2.45, 2.75) is 25.4 Å². The van der Waals surface area contributed by atoms with Crippen LogP contribution in [0, 0.1) is 0 Å². The maximum Gasteiger partial charge on any atom is 0.253 e. The van der Waals surface area contributed by atoms with Crippen molar-refractivity contribution in [1.29, 1.82) is 0 Å². The van der Waals surface area contributed by atoms with Gasteiger partial charge in [0.2, 0.25) is 0 Å². The highest BCUT2D eigenvalue weighted by Crippen LogP contribution is 2.17. The van der Waals surface area contributed by atoms with Crippen LogP contribution in [0.3, 0.4) is 0 Å². The molecule has 0 spiro atoms. The number of rotatable bonds is 3. The first-order valence-electron chi connectivity index (χ1n) is 6.86. The lowest BCUT2D eigenvalue weighted by atomic mass is 10.0. The Morgan fingerprint density at radius 1 is 1.42 bits per heavy atom. The highest BCUT2D eigenvalue weighted by atomic mass is 16.2. The van der Waals surface area contributed by atoms with E-state index in [2.05, 4.69) is 11.9 Å². The van der Waals surface area contributed by atoms with E-state index in [-0.39, 0.29) is 5.91 Å². The summed E-state index contributed by atoms with van der Waals surface area (Å²) in [6, 6.07) is 7.97. The molecule has 0 radical (unpaired) electrons. The van der Waals surface area contributed by atoms with Crippen molar-refractivity contribution < 1.29 is 4.79 Å². The highest BCUT2D eigenvalue weighted by molar-refractivity contribution is 5.94. The summed E-state index contributed by atoms with van der Waals surface area (Å²) in [7, 11) is 4.04. The van der Waals surface area contributed by atoms with Crippen molar-refractivity contribution in [3.8, 4) is 0 Å². The van der Waals surface area contributed by atoms with Gasteiger partial charge in [0, 0.05) is 25.2 Å². The van der Waals surface area contributed by atoms with Crippen LogP contribution in [0.1, 0.15) is 28.8 Å². The summed E-state index contributed by atoms with van der Waals surface area (Å²) in [5, 5.41) is 0. The minimum Gasteiger partial charge on any atom is -0.339 e. The van der Waals surface area contributed by atoms with E-state index >= 15 is 0 Å². The summed E-state index contributed by atoms with van der Waals surface area (Å²) in [5.74, 6) is 0.102. The van der Waals surface area contributed by atoms with E-state index in [1.807, 2.05) is 36.2 Å². The maximum atomic E-state index is 12.5. The first-order chi connectivity index (χ1) is 9.11. The zero-order chi connectivity index (χ0) is 13.8. The fourth-order valence-corrected chi connectivity index (χ4v) is 2.58. The molecule has 0 unspecified atom stereocenters. The monoisotopic (exact) mass is 261 g/mol. The average molecular weight is 261 g/mol. The van der Waals surface area contributed by atoms with Gasteiger partial charge in [-0.2, -0.15) is 0 Å². The topological polar surface area (TPSA) is 49.6 Å². The molecule has 2 N–H and O–H groups in total. The van der Waals surface area contributed by atoms with Gasteiger partial charge in [-0.05, 0) is 50.7 Å². The summed E-state index contributed by atoms with van der Waals surface area (Å²) in [4.78, 5) is 16.7. The molecule has 2 rings (SSSR count). The number of hydrogen-bond donors (Lipinski definition) is 1. The van der Waals surface area contributed by atoms with Gasteiger partial charge in [0.05, 0.1) is 0 Å². The molecule has 1 saturated heterocycles. The summed E-state index contributed by atoms with van der Waals surface area (Å²) < 4.78 is 0. The molecule has 0 atom stereocenters. The van der Waals surface area contributed by atoms with Crippen LogP contribution < -0.4 is 5.73 Å². The lowest BCUT2D eigenvalue weighted by Crippen LogP contribution is -2.44. The summed E-state index contributed by atoms with van der Waals surface area (Å²) in [5.41, 5.74) is 7.37. The van der Waals surface area contributed by atoms with Crippen molar-refractivity contribution in [1.82, 2.24) is 9.80 Å². The first kappa shape index (κ1) is 14.0. The van der Waals surface area contributed by atoms with Crippen molar-refractivity contribution in [2.75, 3.05) is 27.2 Å². The predicted octanol–water partition coefficient (Wildman–Crippen LogP) is 1.31. The standard InChI is InChI=1S/C15H23N3O/c1-17-8-6-14(7-9-17)18(2)15(19)13-5-3-4-12(10-13)11-16/h3-5,10,14H,6-9,11,16H2,1-2H3. The number of amides is 1. The van der Waals surface area contributed by atoms with E-state index in [1.54, 1.807) is 0 Å². The van der Waals surface area contributed by atoms with Crippen molar-refractivity contribution >= 4 is 5.91 Å². The van der Waals surface area contributed by atoms with Gasteiger partial charge in [0.1, 0.15) is 0 Å². The van der Waals surface area contributed by atoms with Gasteiger partial charge >= 0.3 is 0 Å². The minimum absolute atomic E-state index is 0.102. The maximum absolute atomic E-state index is 12.5. The van der Waals surface area contributed by atoms with Crippen molar-refractivity contribution in [2.24, 2.45) is 5.73 Å². The van der Waals surface area contributed by atoms with E-state index in [9.17, 15) is 4.79 Å². The summed E-state index contributed by atoms with van der Waals surface area (Å²) >= 11 is 0. The van der Waals surface area contributed by atoms with Gasteiger partial charge in [-0.25, -0.2) is 0 Å². The van der Waals surface area contributed by atoms with Crippen LogP contribution in [0.5, 0.6) is 0 Å². The molecule has 1 aliphatic rings. The Labute approximate surface area is 115 Å². The number of hydrogen-bond acceptors (Lipinski definition) is 3. The van der Waals surface area contributed by atoms with Gasteiger partial charge in [0.25, 0.3) is 5.91 Å². The lowest BCUT2D eigenvalue weighted by molar-refractivity contribution is 0.0659. The average Bonchev–Trinajstić information content (AvgIpc) is 2.46. The number of carbonyl (C=O) groups excluding carboxylic acids is 1. The zero-order valence-electron chi connectivity index (χ0n) is 11.8. The summed E-state index contributed by atoms with van der Waals surface area (Å²) in [6.07, 6.45) is 2.10. The Kier molecular flexibility index (Phi) is 4.56. The number of piperidine rings is 1. The predicted molar refractivity (Wildman–Crippen MR) is 76.9 cm³/mol. The zero-order valence-corrected chi connectivity index (χ0v) is 11.8. The SMILES string of the molecule is CN1CCC(N(C)C(=O)c2cccc(CN)c2)CC1. The third-order valence-electron chi connectivity index (χ3n) is 3.97. The van der Waals surface area contributed by atoms with Crippen LogP contribution in [0.2, 0.25) is 0 Å². The second-order valence-corrected chi connectivity index (χ2v) is 5.36. The van der Waals surface area contributed by atoms with Crippen LogP contribution in [0.25, 0.3) is 0 Å². The Morgan fingerprint density at radius 2 is 2.11 bits per heavy atom. The fourth-order valence-electron chi connectivity index (χ4n) is 2.58. The van der Waals surface area contributed by atoms with E-state index in [4.69, 9.17) is 5.73 Å². The molecule has 1 fully saturated rings. The molecule has 1 amide bonds. The van der Waals surface area contributed by atoms with Crippen molar-refractivity contribution in [3.05, 3.63) is 35.4 Å². The molecule has 1 aromatic carbocycles. The largest absolute Gasteiger partial charge is 0.339 e. The molecule has 1 aliphatic heterocycles. The number of benzene rings is 1. The molecule has 0 saturated carbocycles. The quantitative estimate of drug-likeness (QED) is 0.892. The van der Waals surface area contributed by atoms with Crippen molar-refractivity contribution in [3.63, 3.8) is 0 Å². The lowest BCUT2D eigenvalue weighted by Gasteiger charge is -2.35. The number of nitrogens with two attached hydrogens (primary N) is 1. The second-order valence-electron chi connectivity index (χ2n) is 5.36. The van der Waals surface area contributed by atoms with Gasteiger partial charge in [-0.3, -0.25) is 4.79 Å². The fraction of sp³-hybridized carbons (Fsp3) is 0.533. The number of likely N-dealkylation sites (tertiary alicyclic amines) is 1. The van der Waals surface area contributed by atoms with Crippen LogP contribution in [0.15, 0.2) is 24.3 Å². The summed E-state index contributed by atoms with van der Waals surface area (Å²) in [6.45, 7) is 2.59. The van der Waals surface area contributed by atoms with E-state index in [1.165, 1.54) is 0 Å². The third-order valence-corrected chi connectivity index (χ3v) is 3.97. The first-order valence-corrected chi connectivity index (χ1v) is 6.86. The van der Waals surface area contributed by atoms with Crippen LogP contribution >= 0.6 is 0 Å². The molecule has 4 nitrogen and oxygen atoms in total. The molecule has 0 aliphatic carbocycles. The molecular weight excluding hydrogens is 238 g/mol. The molecule has 1 heterocycles. The molecule has 4 heteroatoms. The molecule has 104 valence electrons. The van der Waals surface area contributed by atoms with Gasteiger partial charge < -0.3 is 15.5 Å². The van der Waals surface area contributed by atoms with Gasteiger partial charge in [0.15, 0.2) is 0 Å². The van der Waals surface area contributed by atoms with E-state index in [0.29, 0.717) is 12.6 Å². The van der Waals surface area contributed by atoms with Gasteiger partial charge in [-0.15, -0.1) is 0 Å². The molecule has 0 bridgehead atoms. The smallest absolute Gasteiger partial charge is 0.253 e. The molecular formula is C15H23N3O. The molecule has 1 aromatic rings. The Bertz CT molecular complexity index is 439. The van der Waals surface area contributed by atoms with Crippen LogP contribution in [-0.2, 0) is 6.54 Å². The normalized spacial score (nSPS) is 17.4.